The SMILES string of the molecule is OC(c1ncc[nH]1)C1CCN(Cc2ccc(F)c(-c3cccs3)c2)CC1. The van der Waals surface area contributed by atoms with E-state index in [1.54, 1.807) is 29.8 Å². The molecule has 0 saturated carbocycles. The van der Waals surface area contributed by atoms with Crippen LogP contribution in [0.2, 0.25) is 0 Å². The highest BCUT2D eigenvalue weighted by atomic mass is 32.1. The molecule has 136 valence electrons. The number of rotatable bonds is 5. The molecule has 1 fully saturated rings. The van der Waals surface area contributed by atoms with Crippen molar-refractivity contribution in [1.82, 2.24) is 14.9 Å². The van der Waals surface area contributed by atoms with Crippen LogP contribution in [0.15, 0.2) is 48.1 Å². The van der Waals surface area contributed by atoms with E-state index in [4.69, 9.17) is 0 Å². The molecule has 26 heavy (non-hydrogen) atoms. The zero-order valence-corrected chi connectivity index (χ0v) is 15.3. The molecule has 1 unspecified atom stereocenters. The molecule has 1 aliphatic heterocycles. The summed E-state index contributed by atoms with van der Waals surface area (Å²) >= 11 is 1.56. The monoisotopic (exact) mass is 371 g/mol. The Bertz CT molecular complexity index is 827. The minimum atomic E-state index is -0.525. The van der Waals surface area contributed by atoms with E-state index in [9.17, 15) is 9.50 Å². The van der Waals surface area contributed by atoms with Crippen molar-refractivity contribution >= 4 is 11.3 Å². The van der Waals surface area contributed by atoms with Crippen LogP contribution in [0.5, 0.6) is 0 Å². The number of aromatic amines is 1. The quantitative estimate of drug-likeness (QED) is 0.706. The fraction of sp³-hybridized carbons (Fsp3) is 0.350. The molecule has 1 atom stereocenters. The standard InChI is InChI=1S/C20H22FN3OS/c21-17-4-3-14(12-16(17)18-2-1-11-26-18)13-24-9-5-15(6-10-24)19(25)20-22-7-8-23-20/h1-4,7-8,11-12,15,19,25H,5-6,9-10,13H2,(H,22,23). The van der Waals surface area contributed by atoms with Gasteiger partial charge in [0.15, 0.2) is 0 Å². The second kappa shape index (κ2) is 7.70. The van der Waals surface area contributed by atoms with E-state index in [0.717, 1.165) is 42.9 Å². The molecule has 0 aliphatic carbocycles. The molecule has 4 rings (SSSR count). The highest BCUT2D eigenvalue weighted by Gasteiger charge is 2.27. The highest BCUT2D eigenvalue weighted by molar-refractivity contribution is 7.13. The zero-order chi connectivity index (χ0) is 17.9. The van der Waals surface area contributed by atoms with E-state index in [0.29, 0.717) is 11.4 Å². The smallest absolute Gasteiger partial charge is 0.135 e. The number of nitrogens with zero attached hydrogens (tertiary/aromatic N) is 2. The van der Waals surface area contributed by atoms with Crippen LogP contribution in [0, 0.1) is 11.7 Å². The lowest BCUT2D eigenvalue weighted by Crippen LogP contribution is -2.35. The molecule has 0 bridgehead atoms. The lowest BCUT2D eigenvalue weighted by atomic mass is 9.90. The van der Waals surface area contributed by atoms with Crippen molar-refractivity contribution < 1.29 is 9.50 Å². The predicted octanol–water partition coefficient (Wildman–Crippen LogP) is 4.22. The molecule has 1 saturated heterocycles. The minimum absolute atomic E-state index is 0.170. The Morgan fingerprint density at radius 2 is 2.15 bits per heavy atom. The fourth-order valence-electron chi connectivity index (χ4n) is 3.64. The van der Waals surface area contributed by atoms with Crippen LogP contribution in [0.25, 0.3) is 10.4 Å². The molecule has 0 amide bonds. The summed E-state index contributed by atoms with van der Waals surface area (Å²) in [5.74, 6) is 0.714. The number of hydrogen-bond donors (Lipinski definition) is 2. The number of hydrogen-bond acceptors (Lipinski definition) is 4. The lowest BCUT2D eigenvalue weighted by molar-refractivity contribution is 0.0515. The molecule has 3 heterocycles. The van der Waals surface area contributed by atoms with Crippen molar-refractivity contribution in [3.05, 3.63) is 65.3 Å². The van der Waals surface area contributed by atoms with E-state index in [1.807, 2.05) is 29.6 Å². The number of benzene rings is 1. The van der Waals surface area contributed by atoms with Gasteiger partial charge in [-0.05, 0) is 61.0 Å². The van der Waals surface area contributed by atoms with Gasteiger partial charge in [0.25, 0.3) is 0 Å². The lowest BCUT2D eigenvalue weighted by Gasteiger charge is -2.33. The second-order valence-electron chi connectivity index (χ2n) is 6.82. The minimum Gasteiger partial charge on any atom is -0.385 e. The summed E-state index contributed by atoms with van der Waals surface area (Å²) < 4.78 is 14.1. The maximum Gasteiger partial charge on any atom is 0.135 e. The molecule has 1 aromatic carbocycles. The number of thiophene rings is 1. The van der Waals surface area contributed by atoms with Crippen molar-refractivity contribution in [3.63, 3.8) is 0 Å². The van der Waals surface area contributed by atoms with Gasteiger partial charge in [0.1, 0.15) is 17.7 Å². The van der Waals surface area contributed by atoms with Crippen LogP contribution in [0.3, 0.4) is 0 Å². The molecule has 1 aliphatic rings. The summed E-state index contributed by atoms with van der Waals surface area (Å²) in [4.78, 5) is 10.5. The van der Waals surface area contributed by atoms with Gasteiger partial charge in [-0.1, -0.05) is 12.1 Å². The number of aliphatic hydroxyl groups is 1. The predicted molar refractivity (Wildman–Crippen MR) is 101 cm³/mol. The Morgan fingerprint density at radius 1 is 1.31 bits per heavy atom. The summed E-state index contributed by atoms with van der Waals surface area (Å²) in [5, 5.41) is 12.4. The average molecular weight is 371 g/mol. The Labute approximate surface area is 156 Å². The van der Waals surface area contributed by atoms with Crippen LogP contribution in [-0.4, -0.2) is 33.1 Å². The van der Waals surface area contributed by atoms with E-state index in [2.05, 4.69) is 14.9 Å². The first kappa shape index (κ1) is 17.4. The molecule has 6 heteroatoms. The number of imidazole rings is 1. The van der Waals surface area contributed by atoms with Crippen LogP contribution < -0.4 is 0 Å². The normalized spacial score (nSPS) is 17.5. The third-order valence-corrected chi connectivity index (χ3v) is 6.01. The van der Waals surface area contributed by atoms with Crippen LogP contribution in [-0.2, 0) is 6.54 Å². The van der Waals surface area contributed by atoms with Gasteiger partial charge in [0.2, 0.25) is 0 Å². The third kappa shape index (κ3) is 3.72. The average Bonchev–Trinajstić information content (AvgIpc) is 3.37. The molecular weight excluding hydrogens is 349 g/mol. The Morgan fingerprint density at radius 3 is 2.85 bits per heavy atom. The Balaban J connectivity index is 1.38. The largest absolute Gasteiger partial charge is 0.385 e. The van der Waals surface area contributed by atoms with Crippen LogP contribution in [0.1, 0.15) is 30.3 Å². The van der Waals surface area contributed by atoms with Crippen LogP contribution in [0.4, 0.5) is 4.39 Å². The van der Waals surface area contributed by atoms with Gasteiger partial charge in [0.05, 0.1) is 0 Å². The van der Waals surface area contributed by atoms with E-state index >= 15 is 0 Å². The van der Waals surface area contributed by atoms with Gasteiger partial charge in [-0.2, -0.15) is 0 Å². The number of aliphatic hydroxyl groups excluding tert-OH is 1. The Kier molecular flexibility index (Phi) is 5.15. The van der Waals surface area contributed by atoms with Gasteiger partial charge in [-0.25, -0.2) is 9.37 Å². The topological polar surface area (TPSA) is 52.2 Å². The summed E-state index contributed by atoms with van der Waals surface area (Å²) in [6.45, 7) is 2.66. The molecular formula is C20H22FN3OS. The summed E-state index contributed by atoms with van der Waals surface area (Å²) in [7, 11) is 0. The van der Waals surface area contributed by atoms with Gasteiger partial charge in [-0.15, -0.1) is 11.3 Å². The third-order valence-electron chi connectivity index (χ3n) is 5.10. The van der Waals surface area contributed by atoms with Crippen molar-refractivity contribution in [2.24, 2.45) is 5.92 Å². The number of piperidine rings is 1. The first-order valence-electron chi connectivity index (χ1n) is 8.92. The van der Waals surface area contributed by atoms with E-state index in [-0.39, 0.29) is 11.7 Å². The van der Waals surface area contributed by atoms with Crippen molar-refractivity contribution in [2.75, 3.05) is 13.1 Å². The molecule has 2 aromatic heterocycles. The number of aromatic nitrogens is 2. The summed E-state index contributed by atoms with van der Waals surface area (Å²) in [6.07, 6.45) is 4.76. The number of H-pyrrole nitrogens is 1. The maximum atomic E-state index is 14.1. The van der Waals surface area contributed by atoms with E-state index in [1.165, 1.54) is 0 Å². The van der Waals surface area contributed by atoms with Crippen molar-refractivity contribution in [2.45, 2.75) is 25.5 Å². The van der Waals surface area contributed by atoms with Gasteiger partial charge >= 0.3 is 0 Å². The Hall–Kier alpha value is -2.02. The molecule has 3 aromatic rings. The maximum absolute atomic E-state index is 14.1. The number of halogens is 1. The molecule has 0 radical (unpaired) electrons. The highest BCUT2D eigenvalue weighted by Crippen LogP contribution is 2.31. The fourth-order valence-corrected chi connectivity index (χ4v) is 4.38. The zero-order valence-electron chi connectivity index (χ0n) is 14.4. The molecule has 0 spiro atoms. The van der Waals surface area contributed by atoms with Crippen molar-refractivity contribution in [3.8, 4) is 10.4 Å². The number of likely N-dealkylation sites (tertiary alicyclic amines) is 1. The van der Waals surface area contributed by atoms with E-state index < -0.39 is 6.10 Å². The molecule has 2 N–H and O–H groups in total. The first-order chi connectivity index (χ1) is 12.7. The van der Waals surface area contributed by atoms with Gasteiger partial charge in [-0.3, -0.25) is 4.90 Å². The summed E-state index contributed by atoms with van der Waals surface area (Å²) in [6, 6.07) is 9.30. The number of nitrogens with one attached hydrogen (secondary N) is 1. The first-order valence-corrected chi connectivity index (χ1v) is 9.80. The van der Waals surface area contributed by atoms with Crippen molar-refractivity contribution in [1.29, 1.82) is 0 Å². The van der Waals surface area contributed by atoms with Gasteiger partial charge < -0.3 is 10.1 Å². The second-order valence-corrected chi connectivity index (χ2v) is 7.77. The molecule has 4 nitrogen and oxygen atoms in total. The summed E-state index contributed by atoms with van der Waals surface area (Å²) in [5.41, 5.74) is 1.81. The van der Waals surface area contributed by atoms with Gasteiger partial charge in [0, 0.05) is 29.4 Å². The van der Waals surface area contributed by atoms with Crippen LogP contribution >= 0.6 is 11.3 Å².